The second kappa shape index (κ2) is 8.17. The van der Waals surface area contributed by atoms with Crippen molar-refractivity contribution < 1.29 is 9.94 Å². The van der Waals surface area contributed by atoms with Crippen molar-refractivity contribution in [2.45, 2.75) is 6.61 Å². The Bertz CT molecular complexity index is 1050. The van der Waals surface area contributed by atoms with E-state index in [2.05, 4.69) is 5.10 Å². The molecule has 3 aromatic carbocycles. The maximum absolute atomic E-state index is 10.6. The molecule has 0 aliphatic carbocycles. The molecule has 140 valence electrons. The van der Waals surface area contributed by atoms with Gasteiger partial charge in [-0.15, -0.1) is 5.10 Å². The smallest absolute Gasteiger partial charge is 0.233 e. The van der Waals surface area contributed by atoms with E-state index < -0.39 is 0 Å². The second-order valence-corrected chi connectivity index (χ2v) is 6.58. The van der Waals surface area contributed by atoms with Gasteiger partial charge in [0.25, 0.3) is 0 Å². The first-order valence-corrected chi connectivity index (χ1v) is 9.15. The molecule has 0 fully saturated rings. The lowest BCUT2D eigenvalue weighted by Gasteiger charge is -2.20. The third-order valence-electron chi connectivity index (χ3n) is 4.25. The number of ether oxygens (including phenoxy) is 1. The minimum Gasteiger partial charge on any atom is -0.472 e. The van der Waals surface area contributed by atoms with E-state index in [0.29, 0.717) is 22.3 Å². The van der Waals surface area contributed by atoms with Gasteiger partial charge >= 0.3 is 0 Å². The number of benzene rings is 3. The molecule has 1 heterocycles. The molecular formula is C22H18ClN3O2. The van der Waals surface area contributed by atoms with E-state index >= 15 is 0 Å². The third kappa shape index (κ3) is 4.01. The largest absolute Gasteiger partial charge is 0.472 e. The predicted molar refractivity (Wildman–Crippen MR) is 110 cm³/mol. The Balaban J connectivity index is 1.49. The number of hydrogen-bond acceptors (Lipinski definition) is 4. The van der Waals surface area contributed by atoms with Crippen LogP contribution in [0.5, 0.6) is 5.88 Å². The zero-order valence-electron chi connectivity index (χ0n) is 14.9. The van der Waals surface area contributed by atoms with Gasteiger partial charge in [-0.25, -0.2) is 9.75 Å². The van der Waals surface area contributed by atoms with E-state index in [9.17, 15) is 5.21 Å². The predicted octanol–water partition coefficient (Wildman–Crippen LogP) is 5.63. The Morgan fingerprint density at radius 1 is 0.893 bits per heavy atom. The van der Waals surface area contributed by atoms with Gasteiger partial charge in [0.15, 0.2) is 0 Å². The van der Waals surface area contributed by atoms with Crippen LogP contribution in [-0.2, 0) is 6.61 Å². The van der Waals surface area contributed by atoms with Gasteiger partial charge < -0.3 is 4.74 Å². The molecule has 4 rings (SSSR count). The van der Waals surface area contributed by atoms with Gasteiger partial charge in [-0.2, -0.15) is 0 Å². The van der Waals surface area contributed by atoms with Crippen molar-refractivity contribution in [2.24, 2.45) is 0 Å². The van der Waals surface area contributed by atoms with E-state index in [4.69, 9.17) is 16.3 Å². The monoisotopic (exact) mass is 391 g/mol. The average Bonchev–Trinajstić information content (AvgIpc) is 3.22. The number of halogens is 1. The molecule has 0 amide bonds. The van der Waals surface area contributed by atoms with E-state index in [1.54, 1.807) is 10.7 Å². The summed E-state index contributed by atoms with van der Waals surface area (Å²) in [6, 6.07) is 26.1. The third-order valence-corrected chi connectivity index (χ3v) is 4.50. The molecule has 4 aromatic rings. The Hall–Kier alpha value is -3.28. The first-order chi connectivity index (χ1) is 13.7. The maximum atomic E-state index is 10.6. The molecule has 0 aliphatic rings. The van der Waals surface area contributed by atoms with Crippen LogP contribution < -0.4 is 9.80 Å². The van der Waals surface area contributed by atoms with Crippen LogP contribution in [0.2, 0.25) is 5.02 Å². The van der Waals surface area contributed by atoms with Gasteiger partial charge in [-0.05, 0) is 42.5 Å². The van der Waals surface area contributed by atoms with Crippen molar-refractivity contribution in [2.75, 3.05) is 5.06 Å². The summed E-state index contributed by atoms with van der Waals surface area (Å²) in [4.78, 5) is 0. The molecule has 5 nitrogen and oxygen atoms in total. The number of para-hydroxylation sites is 2. The molecule has 0 saturated heterocycles. The lowest BCUT2D eigenvalue weighted by Crippen LogP contribution is -2.13. The van der Waals surface area contributed by atoms with E-state index in [-0.39, 0.29) is 6.61 Å². The van der Waals surface area contributed by atoms with Crippen LogP contribution >= 0.6 is 11.6 Å². The summed E-state index contributed by atoms with van der Waals surface area (Å²) in [5.74, 6) is 0.494. The van der Waals surface area contributed by atoms with Crippen molar-refractivity contribution in [3.63, 3.8) is 0 Å². The molecule has 6 heteroatoms. The van der Waals surface area contributed by atoms with Crippen LogP contribution in [0.15, 0.2) is 91.1 Å². The maximum Gasteiger partial charge on any atom is 0.233 e. The Morgan fingerprint density at radius 3 is 2.39 bits per heavy atom. The van der Waals surface area contributed by atoms with Crippen LogP contribution in [0.1, 0.15) is 5.56 Å². The molecule has 0 radical (unpaired) electrons. The fraction of sp³-hybridized carbons (Fsp3) is 0.0455. The molecule has 0 saturated carbocycles. The SMILES string of the molecule is ON(c1ccccc1)c1ccccc1COc1ccn(-c2ccc(Cl)cc2)n1. The van der Waals surface area contributed by atoms with Crippen LogP contribution in [0.3, 0.4) is 0 Å². The van der Waals surface area contributed by atoms with E-state index in [1.807, 2.05) is 85.1 Å². The number of nitrogens with zero attached hydrogens (tertiary/aromatic N) is 3. The van der Waals surface area contributed by atoms with Crippen molar-refractivity contribution in [3.8, 4) is 11.6 Å². The van der Waals surface area contributed by atoms with E-state index in [0.717, 1.165) is 16.3 Å². The van der Waals surface area contributed by atoms with Gasteiger partial charge in [0.1, 0.15) is 6.61 Å². The Labute approximate surface area is 167 Å². The first kappa shape index (κ1) is 18.1. The van der Waals surface area contributed by atoms with Gasteiger partial charge in [0.2, 0.25) is 5.88 Å². The molecule has 1 N–H and O–H groups in total. The highest BCUT2D eigenvalue weighted by Crippen LogP contribution is 2.27. The first-order valence-electron chi connectivity index (χ1n) is 8.77. The molecule has 0 aliphatic heterocycles. The molecular weight excluding hydrogens is 374 g/mol. The zero-order chi connectivity index (χ0) is 19.3. The molecule has 0 atom stereocenters. The lowest BCUT2D eigenvalue weighted by atomic mass is 10.1. The van der Waals surface area contributed by atoms with Crippen molar-refractivity contribution in [1.82, 2.24) is 9.78 Å². The summed E-state index contributed by atoms with van der Waals surface area (Å²) in [5.41, 5.74) is 3.08. The van der Waals surface area contributed by atoms with Crippen LogP contribution in [-0.4, -0.2) is 15.0 Å². The molecule has 0 spiro atoms. The Kier molecular flexibility index (Phi) is 5.28. The summed E-state index contributed by atoms with van der Waals surface area (Å²) in [6.45, 7) is 0.275. The summed E-state index contributed by atoms with van der Waals surface area (Å²) < 4.78 is 7.57. The highest BCUT2D eigenvalue weighted by Gasteiger charge is 2.12. The topological polar surface area (TPSA) is 50.5 Å². The van der Waals surface area contributed by atoms with Crippen LogP contribution in [0.4, 0.5) is 11.4 Å². The minimum absolute atomic E-state index is 0.275. The summed E-state index contributed by atoms with van der Waals surface area (Å²) >= 11 is 5.93. The average molecular weight is 392 g/mol. The summed E-state index contributed by atoms with van der Waals surface area (Å²) in [6.07, 6.45) is 1.83. The normalized spacial score (nSPS) is 10.6. The quantitative estimate of drug-likeness (QED) is 0.432. The van der Waals surface area contributed by atoms with Crippen LogP contribution in [0.25, 0.3) is 5.69 Å². The molecule has 1 aromatic heterocycles. The van der Waals surface area contributed by atoms with Gasteiger partial charge in [0, 0.05) is 22.8 Å². The molecule has 0 unspecified atom stereocenters. The number of anilines is 2. The standard InChI is InChI=1S/C22H18ClN3O2/c23-18-10-12-19(13-11-18)25-15-14-22(24-25)28-16-17-6-4-5-9-21(17)26(27)20-7-2-1-3-8-20/h1-15,27H,16H2. The molecule has 0 bridgehead atoms. The highest BCUT2D eigenvalue weighted by molar-refractivity contribution is 6.30. The fourth-order valence-electron chi connectivity index (χ4n) is 2.82. The summed E-state index contributed by atoms with van der Waals surface area (Å²) in [7, 11) is 0. The summed E-state index contributed by atoms with van der Waals surface area (Å²) in [5, 5.41) is 16.9. The fourth-order valence-corrected chi connectivity index (χ4v) is 2.95. The van der Waals surface area contributed by atoms with Crippen molar-refractivity contribution in [1.29, 1.82) is 0 Å². The van der Waals surface area contributed by atoms with Gasteiger partial charge in [0.05, 0.1) is 17.1 Å². The second-order valence-electron chi connectivity index (χ2n) is 6.14. The highest BCUT2D eigenvalue weighted by atomic mass is 35.5. The lowest BCUT2D eigenvalue weighted by molar-refractivity contribution is 0.279. The van der Waals surface area contributed by atoms with Gasteiger partial charge in [-0.1, -0.05) is 48.0 Å². The van der Waals surface area contributed by atoms with Crippen molar-refractivity contribution in [3.05, 3.63) is 102 Å². The minimum atomic E-state index is 0.275. The number of rotatable bonds is 6. The van der Waals surface area contributed by atoms with Crippen LogP contribution in [0, 0.1) is 0 Å². The number of hydrogen-bond donors (Lipinski definition) is 1. The Morgan fingerprint density at radius 2 is 1.61 bits per heavy atom. The number of aromatic nitrogens is 2. The zero-order valence-corrected chi connectivity index (χ0v) is 15.7. The molecule has 28 heavy (non-hydrogen) atoms. The van der Waals surface area contributed by atoms with E-state index in [1.165, 1.54) is 0 Å². The van der Waals surface area contributed by atoms with Crippen molar-refractivity contribution >= 4 is 23.0 Å². The van der Waals surface area contributed by atoms with Gasteiger partial charge in [-0.3, -0.25) is 5.21 Å².